The summed E-state index contributed by atoms with van der Waals surface area (Å²) in [6.45, 7) is 1.81. The van der Waals surface area contributed by atoms with Crippen LogP contribution < -0.4 is 5.32 Å². The fraction of sp³-hybridized carbons (Fsp3) is 0.333. The molecule has 26 heavy (non-hydrogen) atoms. The Morgan fingerprint density at radius 2 is 1.69 bits per heavy atom. The number of hydrogen-bond donors (Lipinski definition) is 2. The monoisotopic (exact) mass is 357 g/mol. The number of Topliss-reactive ketones (excluding diaryl/α,β-unsaturated/α-hetero) is 1. The molecule has 0 aliphatic carbocycles. The molecule has 5 heteroatoms. The van der Waals surface area contributed by atoms with Gasteiger partial charge in [0, 0.05) is 24.9 Å². The highest BCUT2D eigenvalue weighted by Gasteiger charge is 2.30. The molecule has 138 valence electrons. The van der Waals surface area contributed by atoms with Gasteiger partial charge >= 0.3 is 0 Å². The maximum atomic E-state index is 13.0. The van der Waals surface area contributed by atoms with E-state index in [1.807, 2.05) is 30.3 Å². The second-order valence-corrected chi connectivity index (χ2v) is 6.40. The van der Waals surface area contributed by atoms with Crippen LogP contribution in [0.3, 0.4) is 0 Å². The largest absolute Gasteiger partial charge is 0.388 e. The van der Waals surface area contributed by atoms with Gasteiger partial charge in [0.05, 0.1) is 6.10 Å². The second-order valence-electron chi connectivity index (χ2n) is 6.40. The lowest BCUT2D eigenvalue weighted by molar-refractivity contribution is -0.127. The average Bonchev–Trinajstić information content (AvgIpc) is 2.68. The van der Waals surface area contributed by atoms with Crippen molar-refractivity contribution in [3.05, 3.63) is 71.5 Å². The van der Waals surface area contributed by atoms with E-state index in [0.717, 1.165) is 5.56 Å². The van der Waals surface area contributed by atoms with Gasteiger partial charge in [0.25, 0.3) is 0 Å². The molecule has 0 radical (unpaired) electrons. The molecule has 0 saturated heterocycles. The van der Waals surface area contributed by atoms with Gasteiger partial charge in [-0.1, -0.05) is 37.3 Å². The highest BCUT2D eigenvalue weighted by Crippen LogP contribution is 2.31. The van der Waals surface area contributed by atoms with Gasteiger partial charge in [-0.05, 0) is 42.2 Å². The molecule has 2 aromatic carbocycles. The van der Waals surface area contributed by atoms with Crippen molar-refractivity contribution in [3.8, 4) is 0 Å². The number of hydrogen-bond acceptors (Lipinski definition) is 3. The average molecular weight is 357 g/mol. The summed E-state index contributed by atoms with van der Waals surface area (Å²) in [4.78, 5) is 24.6. The van der Waals surface area contributed by atoms with E-state index in [1.165, 1.54) is 24.3 Å². The fourth-order valence-electron chi connectivity index (χ4n) is 3.06. The topological polar surface area (TPSA) is 66.4 Å². The van der Waals surface area contributed by atoms with E-state index < -0.39 is 17.8 Å². The van der Waals surface area contributed by atoms with Crippen molar-refractivity contribution >= 4 is 11.7 Å². The summed E-state index contributed by atoms with van der Waals surface area (Å²) in [5.41, 5.74) is 1.15. The number of aliphatic hydroxyl groups excluding tert-OH is 1. The van der Waals surface area contributed by atoms with Gasteiger partial charge in [0.1, 0.15) is 5.82 Å². The summed E-state index contributed by atoms with van der Waals surface area (Å²) in [5.74, 6) is -1.64. The fourth-order valence-corrected chi connectivity index (χ4v) is 3.06. The van der Waals surface area contributed by atoms with Crippen LogP contribution in [-0.4, -0.2) is 23.8 Å². The predicted molar refractivity (Wildman–Crippen MR) is 98.1 cm³/mol. The number of aliphatic hydroxyl groups is 1. The minimum atomic E-state index is -0.806. The van der Waals surface area contributed by atoms with Crippen LogP contribution in [0.4, 0.5) is 4.39 Å². The first-order valence-electron chi connectivity index (χ1n) is 8.67. The molecule has 1 unspecified atom stereocenters. The van der Waals surface area contributed by atoms with Crippen molar-refractivity contribution in [3.63, 3.8) is 0 Å². The molecule has 0 heterocycles. The van der Waals surface area contributed by atoms with Gasteiger partial charge in [-0.3, -0.25) is 9.59 Å². The van der Waals surface area contributed by atoms with Crippen LogP contribution in [0.25, 0.3) is 0 Å². The highest BCUT2D eigenvalue weighted by atomic mass is 19.1. The smallest absolute Gasteiger partial charge is 0.223 e. The minimum Gasteiger partial charge on any atom is -0.388 e. The zero-order chi connectivity index (χ0) is 19.1. The number of ketones is 1. The van der Waals surface area contributed by atoms with Gasteiger partial charge in [-0.25, -0.2) is 4.39 Å². The Bertz CT molecular complexity index is 731. The third-order valence-corrected chi connectivity index (χ3v) is 4.71. The molecule has 0 fully saturated rings. The van der Waals surface area contributed by atoms with Crippen LogP contribution in [-0.2, 0) is 4.79 Å². The molecule has 3 atom stereocenters. The van der Waals surface area contributed by atoms with Crippen LogP contribution in [0.2, 0.25) is 0 Å². The molecular formula is C21H24FNO3. The Kier molecular flexibility index (Phi) is 7.04. The van der Waals surface area contributed by atoms with Gasteiger partial charge < -0.3 is 10.4 Å². The lowest BCUT2D eigenvalue weighted by atomic mass is 9.82. The number of benzene rings is 2. The molecule has 1 amide bonds. The number of amides is 1. The first-order chi connectivity index (χ1) is 12.4. The van der Waals surface area contributed by atoms with Crippen LogP contribution >= 0.6 is 0 Å². The first kappa shape index (κ1) is 19.8. The van der Waals surface area contributed by atoms with Gasteiger partial charge in [0.15, 0.2) is 5.78 Å². The maximum absolute atomic E-state index is 13.0. The predicted octanol–water partition coefficient (Wildman–Crippen LogP) is 3.52. The van der Waals surface area contributed by atoms with E-state index in [9.17, 15) is 19.1 Å². The molecule has 0 aliphatic rings. The van der Waals surface area contributed by atoms with Gasteiger partial charge in [-0.2, -0.15) is 0 Å². The van der Waals surface area contributed by atoms with E-state index in [0.29, 0.717) is 12.0 Å². The van der Waals surface area contributed by atoms with Crippen molar-refractivity contribution in [1.29, 1.82) is 0 Å². The summed E-state index contributed by atoms with van der Waals surface area (Å²) in [6.07, 6.45) is -0.351. The van der Waals surface area contributed by atoms with E-state index in [-0.39, 0.29) is 24.0 Å². The Morgan fingerprint density at radius 1 is 1.08 bits per heavy atom. The van der Waals surface area contributed by atoms with Crippen molar-refractivity contribution < 1.29 is 19.1 Å². The normalized spacial score (nSPS) is 14.3. The van der Waals surface area contributed by atoms with E-state index in [1.54, 1.807) is 14.0 Å². The molecule has 0 aromatic heterocycles. The van der Waals surface area contributed by atoms with E-state index in [4.69, 9.17) is 0 Å². The van der Waals surface area contributed by atoms with Crippen molar-refractivity contribution in [2.75, 3.05) is 7.05 Å². The van der Waals surface area contributed by atoms with Crippen LogP contribution in [0.5, 0.6) is 0 Å². The van der Waals surface area contributed by atoms with Crippen LogP contribution in [0.15, 0.2) is 54.6 Å². The molecule has 0 saturated carbocycles. The zero-order valence-corrected chi connectivity index (χ0v) is 15.0. The molecule has 2 N–H and O–H groups in total. The quantitative estimate of drug-likeness (QED) is 0.711. The second kappa shape index (κ2) is 9.25. The minimum absolute atomic E-state index is 0.148. The molecule has 0 spiro atoms. The molecular weight excluding hydrogens is 333 g/mol. The summed E-state index contributed by atoms with van der Waals surface area (Å²) >= 11 is 0. The Labute approximate surface area is 153 Å². The zero-order valence-electron chi connectivity index (χ0n) is 15.0. The molecule has 4 nitrogen and oxygen atoms in total. The van der Waals surface area contributed by atoms with Crippen LogP contribution in [0.1, 0.15) is 41.8 Å². The number of rotatable bonds is 8. The first-order valence-corrected chi connectivity index (χ1v) is 8.67. The Balaban J connectivity index is 2.08. The number of nitrogens with one attached hydrogen (secondary N) is 1. The molecule has 0 aliphatic heterocycles. The van der Waals surface area contributed by atoms with Crippen molar-refractivity contribution in [1.82, 2.24) is 5.32 Å². The van der Waals surface area contributed by atoms with Gasteiger partial charge in [0.2, 0.25) is 5.91 Å². The third kappa shape index (κ3) is 4.99. The molecule has 2 aromatic rings. The lowest BCUT2D eigenvalue weighted by Crippen LogP contribution is -2.34. The molecule has 2 rings (SSSR count). The lowest BCUT2D eigenvalue weighted by Gasteiger charge is -2.27. The Morgan fingerprint density at radius 3 is 2.27 bits per heavy atom. The summed E-state index contributed by atoms with van der Waals surface area (Å²) in [7, 11) is 1.54. The molecule has 0 bridgehead atoms. The number of carbonyl (C=O) groups excluding carboxylic acids is 2. The third-order valence-electron chi connectivity index (χ3n) is 4.71. The summed E-state index contributed by atoms with van der Waals surface area (Å²) in [6, 6.07) is 14.5. The standard InChI is InChI=1S/C21H24FNO3/c1-14(20(25)16-6-4-3-5-7-16)18(21(26)23-2)12-13-19(24)15-8-10-17(22)11-9-15/h3-11,14,18,20,25H,12-13H2,1-2H3,(H,23,26)/t14-,18?,20-/m0/s1. The van der Waals surface area contributed by atoms with Crippen molar-refractivity contribution in [2.24, 2.45) is 11.8 Å². The Hall–Kier alpha value is -2.53. The summed E-state index contributed by atoms with van der Waals surface area (Å²) < 4.78 is 13.0. The highest BCUT2D eigenvalue weighted by molar-refractivity contribution is 5.96. The summed E-state index contributed by atoms with van der Waals surface area (Å²) in [5, 5.41) is 13.2. The maximum Gasteiger partial charge on any atom is 0.223 e. The number of carbonyl (C=O) groups is 2. The van der Waals surface area contributed by atoms with Gasteiger partial charge in [-0.15, -0.1) is 0 Å². The SMILES string of the molecule is CNC(=O)C(CCC(=O)c1ccc(F)cc1)[C@H](C)[C@H](O)c1ccccc1. The van der Waals surface area contributed by atoms with E-state index >= 15 is 0 Å². The van der Waals surface area contributed by atoms with Crippen LogP contribution in [0, 0.1) is 17.7 Å². The van der Waals surface area contributed by atoms with E-state index in [2.05, 4.69) is 5.32 Å². The van der Waals surface area contributed by atoms with Crippen molar-refractivity contribution in [2.45, 2.75) is 25.9 Å². The number of halogens is 1.